The molecule has 2 rings (SSSR count). The largest absolute Gasteiger partial charge is 0.493 e. The molecule has 0 amide bonds. The van der Waals surface area contributed by atoms with Crippen LogP contribution in [-0.4, -0.2) is 21.4 Å². The Balaban J connectivity index is 2.51. The number of hydrogen-bond donors (Lipinski definition) is 1. The molecule has 1 aromatic carbocycles. The Labute approximate surface area is 112 Å². The van der Waals surface area contributed by atoms with E-state index in [2.05, 4.69) is 17.1 Å². The van der Waals surface area contributed by atoms with E-state index in [1.165, 1.54) is 0 Å². The molecule has 0 bridgehead atoms. The van der Waals surface area contributed by atoms with Gasteiger partial charge in [-0.3, -0.25) is 5.10 Å². The Morgan fingerprint density at radius 3 is 2.83 bits per heavy atom. The fraction of sp³-hybridized carbons (Fsp3) is 0.385. The van der Waals surface area contributed by atoms with Gasteiger partial charge in [-0.05, 0) is 37.7 Å². The van der Waals surface area contributed by atoms with Crippen molar-refractivity contribution in [2.75, 3.05) is 6.61 Å². The minimum atomic E-state index is 0.635. The number of ether oxygens (including phenoxy) is 1. The molecule has 18 heavy (non-hydrogen) atoms. The normalized spacial score (nSPS) is 10.6. The molecule has 96 valence electrons. The third-order valence-corrected chi connectivity index (χ3v) is 2.94. The molecule has 5 heteroatoms. The summed E-state index contributed by atoms with van der Waals surface area (Å²) >= 11 is 5.25. The highest BCUT2D eigenvalue weighted by Gasteiger charge is 2.12. The molecule has 0 saturated heterocycles. The first kappa shape index (κ1) is 12.8. The van der Waals surface area contributed by atoms with Crippen LogP contribution in [0.25, 0.3) is 11.4 Å². The van der Waals surface area contributed by atoms with Crippen molar-refractivity contribution in [3.05, 3.63) is 29.0 Å². The predicted octanol–water partition coefficient (Wildman–Crippen LogP) is 3.42. The van der Waals surface area contributed by atoms with Crippen LogP contribution in [0.4, 0.5) is 0 Å². The van der Waals surface area contributed by atoms with E-state index in [1.54, 1.807) is 0 Å². The predicted molar refractivity (Wildman–Crippen MR) is 74.3 cm³/mol. The van der Waals surface area contributed by atoms with E-state index in [-0.39, 0.29) is 0 Å². The lowest BCUT2D eigenvalue weighted by molar-refractivity contribution is 0.341. The molecule has 0 aliphatic heterocycles. The third kappa shape index (κ3) is 2.46. The van der Waals surface area contributed by atoms with Gasteiger partial charge in [-0.25, -0.2) is 0 Å². The quantitative estimate of drug-likeness (QED) is 0.841. The van der Waals surface area contributed by atoms with Crippen LogP contribution < -0.4 is 4.74 Å². The molecule has 2 aromatic rings. The summed E-state index contributed by atoms with van der Waals surface area (Å²) in [5, 5.41) is 7.16. The van der Waals surface area contributed by atoms with E-state index in [0.717, 1.165) is 30.1 Å². The number of H-pyrrole nitrogens is 1. The van der Waals surface area contributed by atoms with Crippen LogP contribution in [-0.2, 0) is 6.54 Å². The molecule has 0 radical (unpaired) electrons. The molecule has 0 spiro atoms. The first-order valence-electron chi connectivity index (χ1n) is 6.15. The Hall–Kier alpha value is -1.62. The highest BCUT2D eigenvalue weighted by molar-refractivity contribution is 7.71. The summed E-state index contributed by atoms with van der Waals surface area (Å²) in [4.78, 5) is 0. The van der Waals surface area contributed by atoms with Crippen molar-refractivity contribution < 1.29 is 4.74 Å². The maximum absolute atomic E-state index is 5.63. The molecule has 0 saturated carbocycles. The second-order valence-corrected chi connectivity index (χ2v) is 4.32. The molecule has 0 aliphatic rings. The van der Waals surface area contributed by atoms with Gasteiger partial charge in [-0.15, -0.1) is 0 Å². The number of aromatic nitrogens is 3. The van der Waals surface area contributed by atoms with Gasteiger partial charge >= 0.3 is 0 Å². The minimum Gasteiger partial charge on any atom is -0.493 e. The summed E-state index contributed by atoms with van der Waals surface area (Å²) in [5.74, 6) is 1.68. The first-order chi connectivity index (χ1) is 8.77. The van der Waals surface area contributed by atoms with Gasteiger partial charge < -0.3 is 9.30 Å². The van der Waals surface area contributed by atoms with Gasteiger partial charge in [0, 0.05) is 6.54 Å². The molecule has 1 heterocycles. The molecule has 0 aliphatic carbocycles. The zero-order valence-corrected chi connectivity index (χ0v) is 11.5. The number of benzene rings is 1. The van der Waals surface area contributed by atoms with E-state index in [1.807, 2.05) is 35.8 Å². The summed E-state index contributed by atoms with van der Waals surface area (Å²) in [5.41, 5.74) is 0.972. The Morgan fingerprint density at radius 1 is 1.33 bits per heavy atom. The molecule has 0 atom stereocenters. The Kier molecular flexibility index (Phi) is 4.15. The standard InChI is InChI=1S/C13H17N3OS/c1-3-9-16-12(14-15-13(16)18)10-7-5-6-8-11(10)17-4-2/h5-8H,3-4,9H2,1-2H3,(H,15,18). The van der Waals surface area contributed by atoms with Crippen LogP contribution in [0.1, 0.15) is 20.3 Å². The maximum Gasteiger partial charge on any atom is 0.195 e. The zero-order chi connectivity index (χ0) is 13.0. The summed E-state index contributed by atoms with van der Waals surface area (Å²) in [6, 6.07) is 7.89. The van der Waals surface area contributed by atoms with Crippen molar-refractivity contribution in [3.8, 4) is 17.1 Å². The maximum atomic E-state index is 5.63. The van der Waals surface area contributed by atoms with Gasteiger partial charge in [0.15, 0.2) is 10.6 Å². The summed E-state index contributed by atoms with van der Waals surface area (Å²) in [7, 11) is 0. The fourth-order valence-electron chi connectivity index (χ4n) is 1.89. The minimum absolute atomic E-state index is 0.635. The van der Waals surface area contributed by atoms with Gasteiger partial charge in [-0.1, -0.05) is 19.1 Å². The van der Waals surface area contributed by atoms with Crippen molar-refractivity contribution in [2.24, 2.45) is 0 Å². The van der Waals surface area contributed by atoms with Crippen molar-refractivity contribution in [3.63, 3.8) is 0 Å². The Bertz CT molecular complexity index is 574. The number of para-hydroxylation sites is 1. The Morgan fingerprint density at radius 2 is 2.11 bits per heavy atom. The van der Waals surface area contributed by atoms with Gasteiger partial charge in [0.25, 0.3) is 0 Å². The molecular weight excluding hydrogens is 246 g/mol. The summed E-state index contributed by atoms with van der Waals surface area (Å²) < 4.78 is 8.29. The molecule has 1 aromatic heterocycles. The van der Waals surface area contributed by atoms with Crippen LogP contribution in [0.5, 0.6) is 5.75 Å². The van der Waals surface area contributed by atoms with E-state index in [4.69, 9.17) is 17.0 Å². The van der Waals surface area contributed by atoms with E-state index in [9.17, 15) is 0 Å². The monoisotopic (exact) mass is 263 g/mol. The molecule has 1 N–H and O–H groups in total. The number of hydrogen-bond acceptors (Lipinski definition) is 3. The highest BCUT2D eigenvalue weighted by atomic mass is 32.1. The molecule has 4 nitrogen and oxygen atoms in total. The summed E-state index contributed by atoms with van der Waals surface area (Å²) in [6.45, 7) is 5.58. The average Bonchev–Trinajstić information content (AvgIpc) is 2.73. The number of rotatable bonds is 5. The van der Waals surface area contributed by atoms with Crippen LogP contribution in [0, 0.1) is 4.77 Å². The van der Waals surface area contributed by atoms with Gasteiger partial charge in [-0.2, -0.15) is 5.10 Å². The second-order valence-electron chi connectivity index (χ2n) is 3.93. The van der Waals surface area contributed by atoms with Crippen molar-refractivity contribution >= 4 is 12.2 Å². The van der Waals surface area contributed by atoms with E-state index in [0.29, 0.717) is 11.4 Å². The zero-order valence-electron chi connectivity index (χ0n) is 10.6. The lowest BCUT2D eigenvalue weighted by Crippen LogP contribution is -2.02. The summed E-state index contributed by atoms with van der Waals surface area (Å²) in [6.07, 6.45) is 1.01. The van der Waals surface area contributed by atoms with Gasteiger partial charge in [0.2, 0.25) is 0 Å². The molecular formula is C13H17N3OS. The van der Waals surface area contributed by atoms with Crippen LogP contribution in [0.3, 0.4) is 0 Å². The van der Waals surface area contributed by atoms with Crippen LogP contribution >= 0.6 is 12.2 Å². The lowest BCUT2D eigenvalue weighted by atomic mass is 10.2. The van der Waals surface area contributed by atoms with Crippen molar-refractivity contribution in [1.29, 1.82) is 0 Å². The van der Waals surface area contributed by atoms with Gasteiger partial charge in [0.1, 0.15) is 5.75 Å². The third-order valence-electron chi connectivity index (χ3n) is 2.63. The molecule has 0 fully saturated rings. The average molecular weight is 263 g/mol. The van der Waals surface area contributed by atoms with Crippen molar-refractivity contribution in [1.82, 2.24) is 14.8 Å². The van der Waals surface area contributed by atoms with E-state index >= 15 is 0 Å². The first-order valence-corrected chi connectivity index (χ1v) is 6.56. The van der Waals surface area contributed by atoms with Gasteiger partial charge in [0.05, 0.1) is 12.2 Å². The number of nitrogens with zero attached hydrogens (tertiary/aromatic N) is 2. The fourth-order valence-corrected chi connectivity index (χ4v) is 2.11. The van der Waals surface area contributed by atoms with E-state index < -0.39 is 0 Å². The smallest absolute Gasteiger partial charge is 0.195 e. The van der Waals surface area contributed by atoms with Crippen LogP contribution in [0.2, 0.25) is 0 Å². The SMILES string of the molecule is CCCn1c(-c2ccccc2OCC)n[nH]c1=S. The second kappa shape index (κ2) is 5.82. The molecule has 0 unspecified atom stereocenters. The van der Waals surface area contributed by atoms with Crippen LogP contribution in [0.15, 0.2) is 24.3 Å². The number of nitrogens with one attached hydrogen (secondary N) is 1. The topological polar surface area (TPSA) is 42.8 Å². The lowest BCUT2D eigenvalue weighted by Gasteiger charge is -2.10. The number of aromatic amines is 1. The highest BCUT2D eigenvalue weighted by Crippen LogP contribution is 2.28. The van der Waals surface area contributed by atoms with Crippen molar-refractivity contribution in [2.45, 2.75) is 26.8 Å².